The molecule has 0 saturated carbocycles. The molecule has 0 aromatic carbocycles. The Morgan fingerprint density at radius 2 is 2.46 bits per heavy atom. The van der Waals surface area contributed by atoms with E-state index < -0.39 is 0 Å². The van der Waals surface area contributed by atoms with E-state index in [4.69, 9.17) is 9.62 Å². The molecule has 1 rings (SSSR count). The van der Waals surface area contributed by atoms with Crippen LogP contribution in [0.4, 0.5) is 0 Å². The zero-order valence-corrected chi connectivity index (χ0v) is 7.10. The molecule has 0 atom stereocenters. The number of rotatable bonds is 3. The number of carbonyl (C=O) groups excluding carboxylic acids is 1. The van der Waals surface area contributed by atoms with Crippen LogP contribution < -0.4 is 0 Å². The van der Waals surface area contributed by atoms with Crippen LogP contribution in [0.15, 0.2) is 34.0 Å². The average molecular weight is 179 g/mol. The second-order valence-electron chi connectivity index (χ2n) is 2.40. The summed E-state index contributed by atoms with van der Waals surface area (Å²) < 4.78 is 4.96. The molecule has 0 bridgehead atoms. The monoisotopic (exact) mass is 179 g/mol. The molecular formula is C9H9NO3. The number of hydrogen-bond acceptors (Lipinski definition) is 4. The summed E-state index contributed by atoms with van der Waals surface area (Å²) >= 11 is 0. The molecule has 0 saturated heterocycles. The maximum atomic E-state index is 11.1. The van der Waals surface area contributed by atoms with Crippen LogP contribution >= 0.6 is 0 Å². The lowest BCUT2D eigenvalue weighted by atomic mass is 10.2. The predicted octanol–water partition coefficient (Wildman–Crippen LogP) is 1.71. The molecule has 0 spiro atoms. The van der Waals surface area contributed by atoms with E-state index >= 15 is 0 Å². The Morgan fingerprint density at radius 3 is 3.00 bits per heavy atom. The Balaban J connectivity index is 2.64. The molecule has 13 heavy (non-hydrogen) atoms. The van der Waals surface area contributed by atoms with Gasteiger partial charge in [-0.25, -0.2) is 0 Å². The standard InChI is InChI=1S/C9H9NO3/c1-7(10-12)9(11)5-4-8-3-2-6-13-8/h2-6,12H,1H3/b5-4+,10-7-. The van der Waals surface area contributed by atoms with Crippen molar-refractivity contribution >= 4 is 17.6 Å². The van der Waals surface area contributed by atoms with Gasteiger partial charge in [0.05, 0.1) is 6.26 Å². The van der Waals surface area contributed by atoms with Crippen molar-refractivity contribution in [3.63, 3.8) is 0 Å². The Kier molecular flexibility index (Phi) is 3.03. The van der Waals surface area contributed by atoms with Crippen LogP contribution in [0.25, 0.3) is 6.08 Å². The fraction of sp³-hybridized carbons (Fsp3) is 0.111. The summed E-state index contributed by atoms with van der Waals surface area (Å²) in [5.74, 6) is 0.234. The van der Waals surface area contributed by atoms with Gasteiger partial charge in [-0.05, 0) is 31.2 Å². The molecule has 1 N–H and O–H groups in total. The van der Waals surface area contributed by atoms with Gasteiger partial charge < -0.3 is 9.62 Å². The van der Waals surface area contributed by atoms with Gasteiger partial charge in [-0.15, -0.1) is 0 Å². The minimum atomic E-state index is -0.348. The first-order valence-corrected chi connectivity index (χ1v) is 3.68. The molecule has 1 heterocycles. The van der Waals surface area contributed by atoms with Crippen LogP contribution in [0.3, 0.4) is 0 Å². The van der Waals surface area contributed by atoms with Crippen molar-refractivity contribution in [2.75, 3.05) is 0 Å². The molecule has 4 nitrogen and oxygen atoms in total. The second kappa shape index (κ2) is 4.25. The summed E-state index contributed by atoms with van der Waals surface area (Å²) in [6, 6.07) is 3.44. The summed E-state index contributed by atoms with van der Waals surface area (Å²) in [6.45, 7) is 1.43. The number of ketones is 1. The lowest BCUT2D eigenvalue weighted by molar-refractivity contribution is -0.109. The summed E-state index contributed by atoms with van der Waals surface area (Å²) in [7, 11) is 0. The molecule has 4 heteroatoms. The highest BCUT2D eigenvalue weighted by atomic mass is 16.4. The Morgan fingerprint density at radius 1 is 1.69 bits per heavy atom. The number of oxime groups is 1. The lowest BCUT2D eigenvalue weighted by Crippen LogP contribution is -2.05. The minimum Gasteiger partial charge on any atom is -0.465 e. The van der Waals surface area contributed by atoms with Crippen LogP contribution in [0.5, 0.6) is 0 Å². The van der Waals surface area contributed by atoms with Crippen LogP contribution in [-0.4, -0.2) is 16.7 Å². The lowest BCUT2D eigenvalue weighted by Gasteiger charge is -1.87. The van der Waals surface area contributed by atoms with E-state index in [2.05, 4.69) is 5.16 Å². The fourth-order valence-electron chi connectivity index (χ4n) is 0.714. The zero-order valence-electron chi connectivity index (χ0n) is 7.10. The molecular weight excluding hydrogens is 170 g/mol. The highest BCUT2D eigenvalue weighted by molar-refractivity contribution is 6.43. The van der Waals surface area contributed by atoms with E-state index in [0.717, 1.165) is 0 Å². The van der Waals surface area contributed by atoms with Crippen LogP contribution in [0.2, 0.25) is 0 Å². The molecule has 0 amide bonds. The van der Waals surface area contributed by atoms with Crippen LogP contribution in [0.1, 0.15) is 12.7 Å². The van der Waals surface area contributed by atoms with Gasteiger partial charge in [0.25, 0.3) is 0 Å². The topological polar surface area (TPSA) is 62.8 Å². The molecule has 1 aromatic heterocycles. The van der Waals surface area contributed by atoms with Crippen molar-refractivity contribution in [3.05, 3.63) is 30.2 Å². The molecule has 0 radical (unpaired) electrons. The molecule has 0 fully saturated rings. The van der Waals surface area contributed by atoms with Crippen LogP contribution in [0, 0.1) is 0 Å². The van der Waals surface area contributed by atoms with Gasteiger partial charge in [0, 0.05) is 0 Å². The molecule has 68 valence electrons. The van der Waals surface area contributed by atoms with Crippen molar-refractivity contribution in [2.24, 2.45) is 5.16 Å². The number of nitrogens with zero attached hydrogens (tertiary/aromatic N) is 1. The first-order valence-electron chi connectivity index (χ1n) is 3.68. The summed E-state index contributed by atoms with van der Waals surface area (Å²) in [5.41, 5.74) is 0.0443. The summed E-state index contributed by atoms with van der Waals surface area (Å²) in [6.07, 6.45) is 4.31. The van der Waals surface area contributed by atoms with Gasteiger partial charge in [-0.2, -0.15) is 0 Å². The Hall–Kier alpha value is -1.84. The first-order chi connectivity index (χ1) is 6.24. The zero-order chi connectivity index (χ0) is 9.68. The van der Waals surface area contributed by atoms with Gasteiger partial charge in [0.2, 0.25) is 5.78 Å². The van der Waals surface area contributed by atoms with Crippen molar-refractivity contribution in [1.82, 2.24) is 0 Å². The SMILES string of the molecule is C/C(=N/O)C(=O)/C=C/c1ccco1. The third-order valence-electron chi connectivity index (χ3n) is 1.45. The number of allylic oxidation sites excluding steroid dienone is 1. The Bertz CT molecular complexity index is 336. The third-order valence-corrected chi connectivity index (χ3v) is 1.45. The van der Waals surface area contributed by atoms with E-state index in [1.54, 1.807) is 12.1 Å². The molecule has 0 aliphatic carbocycles. The highest BCUT2D eigenvalue weighted by Crippen LogP contribution is 2.02. The van der Waals surface area contributed by atoms with Gasteiger partial charge in [-0.3, -0.25) is 4.79 Å². The number of hydrogen-bond donors (Lipinski definition) is 1. The summed E-state index contributed by atoms with van der Waals surface area (Å²) in [4.78, 5) is 11.1. The maximum absolute atomic E-state index is 11.1. The molecule has 1 aromatic rings. The summed E-state index contributed by atoms with van der Waals surface area (Å²) in [5, 5.41) is 11.0. The van der Waals surface area contributed by atoms with Crippen molar-refractivity contribution in [3.8, 4) is 0 Å². The normalized spacial score (nSPS) is 12.2. The maximum Gasteiger partial charge on any atom is 0.203 e. The van der Waals surface area contributed by atoms with E-state index in [-0.39, 0.29) is 11.5 Å². The highest BCUT2D eigenvalue weighted by Gasteiger charge is 2.00. The van der Waals surface area contributed by atoms with E-state index in [0.29, 0.717) is 5.76 Å². The van der Waals surface area contributed by atoms with Gasteiger partial charge in [0.15, 0.2) is 0 Å². The van der Waals surface area contributed by atoms with Gasteiger partial charge >= 0.3 is 0 Å². The average Bonchev–Trinajstić information content (AvgIpc) is 2.65. The largest absolute Gasteiger partial charge is 0.465 e. The third kappa shape index (κ3) is 2.59. The minimum absolute atomic E-state index is 0.0443. The van der Waals surface area contributed by atoms with Gasteiger partial charge in [0.1, 0.15) is 11.5 Å². The smallest absolute Gasteiger partial charge is 0.203 e. The van der Waals surface area contributed by atoms with E-state index in [1.165, 1.54) is 25.3 Å². The predicted molar refractivity (Wildman–Crippen MR) is 47.6 cm³/mol. The molecule has 0 unspecified atom stereocenters. The van der Waals surface area contributed by atoms with Gasteiger partial charge in [-0.1, -0.05) is 5.16 Å². The van der Waals surface area contributed by atoms with Crippen LogP contribution in [-0.2, 0) is 4.79 Å². The second-order valence-corrected chi connectivity index (χ2v) is 2.40. The quantitative estimate of drug-likeness (QED) is 0.332. The van der Waals surface area contributed by atoms with E-state index in [9.17, 15) is 4.79 Å². The molecule has 0 aliphatic rings. The van der Waals surface area contributed by atoms with Crippen molar-refractivity contribution in [2.45, 2.75) is 6.92 Å². The number of furan rings is 1. The fourth-order valence-corrected chi connectivity index (χ4v) is 0.714. The Labute approximate surface area is 75.2 Å². The molecule has 0 aliphatic heterocycles. The van der Waals surface area contributed by atoms with E-state index in [1.807, 2.05) is 0 Å². The number of carbonyl (C=O) groups is 1. The first kappa shape index (κ1) is 9.25. The van der Waals surface area contributed by atoms with Crippen molar-refractivity contribution in [1.29, 1.82) is 0 Å². The van der Waals surface area contributed by atoms with Crippen molar-refractivity contribution < 1.29 is 14.4 Å².